The topological polar surface area (TPSA) is 55.6 Å². The van der Waals surface area contributed by atoms with Crippen molar-refractivity contribution in [3.63, 3.8) is 0 Å². The third-order valence-electron chi connectivity index (χ3n) is 5.41. The maximum absolute atomic E-state index is 12.0. The van der Waals surface area contributed by atoms with Crippen LogP contribution in [-0.4, -0.2) is 29.3 Å². The minimum absolute atomic E-state index is 0.152. The molecule has 5 heteroatoms. The van der Waals surface area contributed by atoms with E-state index in [2.05, 4.69) is 0 Å². The lowest BCUT2D eigenvalue weighted by molar-refractivity contribution is -0.0603. The third-order valence-corrected chi connectivity index (χ3v) is 5.63. The van der Waals surface area contributed by atoms with Crippen molar-refractivity contribution in [3.05, 3.63) is 0 Å². The predicted molar refractivity (Wildman–Crippen MR) is 81.1 cm³/mol. The minimum Gasteiger partial charge on any atom is -0.449 e. The number of carbonyl (C=O) groups is 1. The molecule has 4 rings (SSSR count). The number of ether oxygens (including phenoxy) is 1. The van der Waals surface area contributed by atoms with Gasteiger partial charge in [-0.15, -0.1) is 0 Å². The Bertz CT molecular complexity index is 389. The van der Waals surface area contributed by atoms with Crippen molar-refractivity contribution in [2.45, 2.75) is 45.4 Å². The van der Waals surface area contributed by atoms with Gasteiger partial charge in [0.25, 0.3) is 0 Å². The number of hydrogen-bond donors (Lipinski definition) is 1. The van der Waals surface area contributed by atoms with Crippen LogP contribution in [0.4, 0.5) is 4.79 Å². The SMILES string of the molecule is CCOC(=O)N(CC12CC3CC(CC(C3)C1)C2)C(N)=S. The summed E-state index contributed by atoms with van der Waals surface area (Å²) < 4.78 is 5.10. The first-order valence-corrected chi connectivity index (χ1v) is 8.16. The van der Waals surface area contributed by atoms with Crippen molar-refractivity contribution in [1.82, 2.24) is 4.90 Å². The summed E-state index contributed by atoms with van der Waals surface area (Å²) in [6.07, 6.45) is 7.51. The van der Waals surface area contributed by atoms with Crippen molar-refractivity contribution in [2.75, 3.05) is 13.2 Å². The van der Waals surface area contributed by atoms with Crippen LogP contribution < -0.4 is 5.73 Å². The molecule has 0 unspecified atom stereocenters. The summed E-state index contributed by atoms with van der Waals surface area (Å²) in [5.74, 6) is 2.57. The molecule has 0 aromatic carbocycles. The van der Waals surface area contributed by atoms with Crippen molar-refractivity contribution in [3.8, 4) is 0 Å². The van der Waals surface area contributed by atoms with Gasteiger partial charge >= 0.3 is 6.09 Å². The van der Waals surface area contributed by atoms with Crippen molar-refractivity contribution >= 4 is 23.4 Å². The van der Waals surface area contributed by atoms with E-state index < -0.39 is 0 Å². The number of rotatable bonds is 3. The Kier molecular flexibility index (Phi) is 3.65. The highest BCUT2D eigenvalue weighted by Gasteiger charge is 2.52. The van der Waals surface area contributed by atoms with Gasteiger partial charge in [-0.1, -0.05) is 0 Å². The van der Waals surface area contributed by atoms with Crippen LogP contribution in [0.1, 0.15) is 45.4 Å². The van der Waals surface area contributed by atoms with Crippen LogP contribution in [0.15, 0.2) is 0 Å². The average molecular weight is 296 g/mol. The lowest BCUT2D eigenvalue weighted by atomic mass is 9.49. The Labute approximate surface area is 126 Å². The summed E-state index contributed by atoms with van der Waals surface area (Å²) in [6.45, 7) is 2.82. The zero-order valence-corrected chi connectivity index (χ0v) is 13.0. The van der Waals surface area contributed by atoms with Crippen LogP contribution in [0.5, 0.6) is 0 Å². The number of nitrogens with zero attached hydrogens (tertiary/aromatic N) is 1. The van der Waals surface area contributed by atoms with E-state index in [4.69, 9.17) is 22.7 Å². The van der Waals surface area contributed by atoms with Crippen molar-refractivity contribution < 1.29 is 9.53 Å². The van der Waals surface area contributed by atoms with Gasteiger partial charge in [-0.3, -0.25) is 4.90 Å². The first-order chi connectivity index (χ1) is 9.51. The molecule has 4 bridgehead atoms. The van der Waals surface area contributed by atoms with Crippen LogP contribution in [0.25, 0.3) is 0 Å². The molecule has 4 nitrogen and oxygen atoms in total. The molecule has 0 saturated heterocycles. The summed E-state index contributed by atoms with van der Waals surface area (Å²) >= 11 is 5.06. The number of amides is 1. The highest BCUT2D eigenvalue weighted by molar-refractivity contribution is 7.80. The van der Waals surface area contributed by atoms with E-state index in [-0.39, 0.29) is 16.6 Å². The molecular formula is C15H24N2O2S. The Balaban J connectivity index is 1.75. The van der Waals surface area contributed by atoms with E-state index in [9.17, 15) is 4.79 Å². The van der Waals surface area contributed by atoms with Gasteiger partial charge in [-0.25, -0.2) is 4.79 Å². The van der Waals surface area contributed by atoms with E-state index in [0.717, 1.165) is 17.8 Å². The largest absolute Gasteiger partial charge is 0.449 e. The Hall–Kier alpha value is -0.840. The standard InChI is InChI=1S/C15H24N2O2S/c1-2-19-14(18)17(13(16)20)9-15-6-10-3-11(7-15)5-12(4-10)8-15/h10-12H,2-9H2,1H3,(H2,16,20). The van der Waals surface area contributed by atoms with E-state index in [1.165, 1.54) is 43.4 Å². The normalized spacial score (nSPS) is 37.8. The summed E-state index contributed by atoms with van der Waals surface area (Å²) in [5, 5.41) is 0.152. The van der Waals surface area contributed by atoms with E-state index in [1.807, 2.05) is 0 Å². The molecule has 0 radical (unpaired) electrons. The number of nitrogens with two attached hydrogens (primary N) is 1. The van der Waals surface area contributed by atoms with Gasteiger partial charge in [0.05, 0.1) is 6.61 Å². The molecule has 112 valence electrons. The maximum Gasteiger partial charge on any atom is 0.416 e. The fourth-order valence-corrected chi connectivity index (χ4v) is 5.39. The quantitative estimate of drug-likeness (QED) is 0.814. The molecule has 0 spiro atoms. The second-order valence-corrected chi connectivity index (χ2v) is 7.46. The first-order valence-electron chi connectivity index (χ1n) is 7.75. The summed E-state index contributed by atoms with van der Waals surface area (Å²) in [4.78, 5) is 13.5. The van der Waals surface area contributed by atoms with E-state index in [0.29, 0.717) is 13.2 Å². The van der Waals surface area contributed by atoms with Crippen LogP contribution in [0.3, 0.4) is 0 Å². The molecule has 0 aromatic rings. The number of carbonyl (C=O) groups excluding carboxylic acids is 1. The minimum atomic E-state index is -0.379. The molecule has 0 aliphatic heterocycles. The van der Waals surface area contributed by atoms with Gasteiger partial charge in [-0.2, -0.15) is 0 Å². The molecule has 4 fully saturated rings. The van der Waals surface area contributed by atoms with Gasteiger partial charge in [0.2, 0.25) is 0 Å². The fourth-order valence-electron chi connectivity index (χ4n) is 5.25. The monoisotopic (exact) mass is 296 g/mol. The molecule has 4 aliphatic carbocycles. The molecule has 0 atom stereocenters. The molecular weight excluding hydrogens is 272 g/mol. The molecule has 0 aromatic heterocycles. The van der Waals surface area contributed by atoms with Gasteiger partial charge in [0, 0.05) is 6.54 Å². The van der Waals surface area contributed by atoms with Gasteiger partial charge in [0.1, 0.15) is 0 Å². The molecule has 2 N–H and O–H groups in total. The molecule has 1 amide bonds. The fraction of sp³-hybridized carbons (Fsp3) is 0.867. The summed E-state index contributed by atoms with van der Waals surface area (Å²) in [7, 11) is 0. The molecule has 20 heavy (non-hydrogen) atoms. The lowest BCUT2D eigenvalue weighted by Crippen LogP contribution is -2.54. The number of hydrogen-bond acceptors (Lipinski definition) is 3. The van der Waals surface area contributed by atoms with Crippen LogP contribution in [0.2, 0.25) is 0 Å². The van der Waals surface area contributed by atoms with Gasteiger partial charge in [-0.05, 0) is 80.8 Å². The average Bonchev–Trinajstić information content (AvgIpc) is 2.34. The zero-order valence-electron chi connectivity index (χ0n) is 12.1. The summed E-state index contributed by atoms with van der Waals surface area (Å²) in [5.41, 5.74) is 5.99. The van der Waals surface area contributed by atoms with Crippen LogP contribution in [0, 0.1) is 23.2 Å². The highest BCUT2D eigenvalue weighted by Crippen LogP contribution is 2.60. The predicted octanol–water partition coefficient (Wildman–Crippen LogP) is 2.90. The molecule has 4 saturated carbocycles. The van der Waals surface area contributed by atoms with Crippen molar-refractivity contribution in [1.29, 1.82) is 0 Å². The van der Waals surface area contributed by atoms with E-state index >= 15 is 0 Å². The van der Waals surface area contributed by atoms with Gasteiger partial charge < -0.3 is 10.5 Å². The molecule has 4 aliphatic rings. The van der Waals surface area contributed by atoms with Crippen LogP contribution in [-0.2, 0) is 4.74 Å². The van der Waals surface area contributed by atoms with Crippen LogP contribution >= 0.6 is 12.2 Å². The smallest absolute Gasteiger partial charge is 0.416 e. The Morgan fingerprint density at radius 1 is 1.25 bits per heavy atom. The summed E-state index contributed by atoms with van der Waals surface area (Å²) in [6, 6.07) is 0. The molecule has 0 heterocycles. The Morgan fingerprint density at radius 2 is 1.75 bits per heavy atom. The lowest BCUT2D eigenvalue weighted by Gasteiger charge is -2.57. The zero-order chi connectivity index (χ0) is 14.3. The first kappa shape index (κ1) is 14.1. The maximum atomic E-state index is 12.0. The second kappa shape index (κ2) is 5.17. The second-order valence-electron chi connectivity index (χ2n) is 7.04. The highest BCUT2D eigenvalue weighted by atomic mass is 32.1. The van der Waals surface area contributed by atoms with Crippen molar-refractivity contribution in [2.24, 2.45) is 28.9 Å². The Morgan fingerprint density at radius 3 is 2.15 bits per heavy atom. The van der Waals surface area contributed by atoms with E-state index in [1.54, 1.807) is 6.92 Å². The number of thiocarbonyl (C=S) groups is 1. The van der Waals surface area contributed by atoms with Gasteiger partial charge in [0.15, 0.2) is 5.11 Å². The third kappa shape index (κ3) is 2.52.